The third-order valence-corrected chi connectivity index (χ3v) is 5.66. The van der Waals surface area contributed by atoms with E-state index in [1.165, 1.54) is 43.1 Å². The van der Waals surface area contributed by atoms with E-state index < -0.39 is 23.1 Å². The minimum atomic E-state index is -4.48. The first kappa shape index (κ1) is 25.0. The maximum absolute atomic E-state index is 13.2. The lowest BCUT2D eigenvalue weighted by atomic mass is 9.87. The molecule has 2 N–H and O–H groups in total. The number of anilines is 2. The summed E-state index contributed by atoms with van der Waals surface area (Å²) in [6.07, 6.45) is 1.18. The molecule has 3 aromatic rings. The van der Waals surface area contributed by atoms with Crippen LogP contribution in [0.15, 0.2) is 72.2 Å². The van der Waals surface area contributed by atoms with Crippen LogP contribution in [0.5, 0.6) is 0 Å². The molecule has 36 heavy (non-hydrogen) atoms. The Morgan fingerprint density at radius 2 is 1.81 bits per heavy atom. The normalized spacial score (nSPS) is 17.8. The predicted molar refractivity (Wildman–Crippen MR) is 126 cm³/mol. The smallest absolute Gasteiger partial charge is 0.380 e. The fourth-order valence-electron chi connectivity index (χ4n) is 3.65. The molecule has 4 rings (SSSR count). The van der Waals surface area contributed by atoms with Gasteiger partial charge in [0.1, 0.15) is 11.7 Å². The van der Waals surface area contributed by atoms with Crippen molar-refractivity contribution in [3.8, 4) is 0 Å². The molecule has 0 bridgehead atoms. The molecule has 1 unspecified atom stereocenters. The summed E-state index contributed by atoms with van der Waals surface area (Å²) in [6, 6.07) is 11.9. The zero-order chi connectivity index (χ0) is 25.6. The number of benzene rings is 2. The van der Waals surface area contributed by atoms with Crippen LogP contribution in [0.25, 0.3) is 0 Å². The van der Waals surface area contributed by atoms with E-state index in [0.717, 1.165) is 11.6 Å². The van der Waals surface area contributed by atoms with Gasteiger partial charge in [-0.05, 0) is 36.2 Å². The Balaban J connectivity index is 1.39. The van der Waals surface area contributed by atoms with Crippen LogP contribution in [0, 0.1) is 5.41 Å². The number of amides is 2. The van der Waals surface area contributed by atoms with Crippen LogP contribution in [0.3, 0.4) is 0 Å². The number of carbonyl (C=O) groups excluding carboxylic acids is 2. The van der Waals surface area contributed by atoms with E-state index in [-0.39, 0.29) is 30.3 Å². The summed E-state index contributed by atoms with van der Waals surface area (Å²) in [7, 11) is 0. The number of alkyl halides is 3. The molecule has 1 aliphatic rings. The van der Waals surface area contributed by atoms with E-state index in [9.17, 15) is 22.8 Å². The largest absolute Gasteiger partial charge is 0.418 e. The number of hydrogen-bond donors (Lipinski definition) is 2. The number of hydrogen-bond acceptors (Lipinski definition) is 6. The Bertz CT molecular complexity index is 1240. The molecule has 0 radical (unpaired) electrons. The van der Waals surface area contributed by atoms with Crippen LogP contribution < -0.4 is 10.6 Å². The van der Waals surface area contributed by atoms with Crippen molar-refractivity contribution in [1.82, 2.24) is 15.3 Å². The lowest BCUT2D eigenvalue weighted by Crippen LogP contribution is -2.42. The summed E-state index contributed by atoms with van der Waals surface area (Å²) in [5.74, 6) is -0.910. The quantitative estimate of drug-likeness (QED) is 0.475. The van der Waals surface area contributed by atoms with Gasteiger partial charge < -0.3 is 15.4 Å². The Morgan fingerprint density at radius 1 is 1.08 bits per heavy atom. The Labute approximate surface area is 204 Å². The molecule has 0 spiro atoms. The van der Waals surface area contributed by atoms with Crippen LogP contribution in [0.2, 0.25) is 0 Å². The Hall–Kier alpha value is -4.12. The number of ether oxygens (including phenoxy) is 1. The number of halogens is 3. The first-order valence-electron chi connectivity index (χ1n) is 11.0. The lowest BCUT2D eigenvalue weighted by molar-refractivity contribution is -0.137. The fourth-order valence-corrected chi connectivity index (χ4v) is 3.65. The van der Waals surface area contributed by atoms with E-state index in [0.29, 0.717) is 18.7 Å². The van der Waals surface area contributed by atoms with Crippen molar-refractivity contribution in [2.45, 2.75) is 19.1 Å². The SMILES string of the molecule is O=C(N=CC1(C(=O)NCc2ccc(Nc3ccccc3C(F)(F)F)cc2)CCOC1)c1cncnc1. The van der Waals surface area contributed by atoms with Crippen molar-refractivity contribution < 1.29 is 27.5 Å². The van der Waals surface area contributed by atoms with Gasteiger partial charge in [0.15, 0.2) is 0 Å². The molecular weight excluding hydrogens is 475 g/mol. The Kier molecular flexibility index (Phi) is 7.39. The monoisotopic (exact) mass is 497 g/mol. The molecule has 1 aliphatic heterocycles. The molecule has 1 fully saturated rings. The number of para-hydroxylation sites is 1. The van der Waals surface area contributed by atoms with Gasteiger partial charge in [0.25, 0.3) is 5.91 Å². The van der Waals surface area contributed by atoms with Gasteiger partial charge in [-0.15, -0.1) is 0 Å². The zero-order valence-corrected chi connectivity index (χ0v) is 19.0. The maximum atomic E-state index is 13.2. The minimum absolute atomic E-state index is 0.0508. The molecule has 2 heterocycles. The fraction of sp³-hybridized carbons (Fsp3) is 0.240. The maximum Gasteiger partial charge on any atom is 0.418 e. The van der Waals surface area contributed by atoms with E-state index >= 15 is 0 Å². The number of aromatic nitrogens is 2. The third kappa shape index (κ3) is 5.92. The number of nitrogens with zero attached hydrogens (tertiary/aromatic N) is 3. The van der Waals surface area contributed by atoms with Gasteiger partial charge in [0.05, 0.1) is 23.4 Å². The second-order valence-electron chi connectivity index (χ2n) is 8.20. The van der Waals surface area contributed by atoms with Crippen molar-refractivity contribution in [3.05, 3.63) is 83.9 Å². The van der Waals surface area contributed by atoms with Gasteiger partial charge in [-0.2, -0.15) is 13.2 Å². The highest BCUT2D eigenvalue weighted by atomic mass is 19.4. The van der Waals surface area contributed by atoms with Crippen LogP contribution >= 0.6 is 0 Å². The second-order valence-corrected chi connectivity index (χ2v) is 8.20. The van der Waals surface area contributed by atoms with Gasteiger partial charge in [-0.1, -0.05) is 24.3 Å². The number of nitrogens with one attached hydrogen (secondary N) is 2. The average Bonchev–Trinajstić information content (AvgIpc) is 3.37. The van der Waals surface area contributed by atoms with Gasteiger partial charge >= 0.3 is 6.18 Å². The standard InChI is InChI=1S/C25H22F3N5O3/c26-25(27,28)20-3-1-2-4-21(20)33-19-7-5-17(6-8-19)11-31-23(35)24(9-10-36-15-24)14-32-22(34)18-12-29-16-30-13-18/h1-8,12-14,16,33H,9-11,15H2,(H,31,35). The van der Waals surface area contributed by atoms with E-state index in [1.54, 1.807) is 24.3 Å². The van der Waals surface area contributed by atoms with Crippen molar-refractivity contribution in [3.63, 3.8) is 0 Å². The van der Waals surface area contributed by atoms with Crippen LogP contribution in [-0.4, -0.2) is 41.2 Å². The molecule has 1 aromatic heterocycles. The molecular formula is C25H22F3N5O3. The molecule has 1 atom stereocenters. The van der Waals surface area contributed by atoms with Gasteiger partial charge in [-0.25, -0.2) is 15.0 Å². The van der Waals surface area contributed by atoms with Gasteiger partial charge in [-0.3, -0.25) is 9.59 Å². The summed E-state index contributed by atoms with van der Waals surface area (Å²) in [5, 5.41) is 5.61. The average molecular weight is 497 g/mol. The zero-order valence-electron chi connectivity index (χ0n) is 19.0. The predicted octanol–water partition coefficient (Wildman–Crippen LogP) is 4.17. The van der Waals surface area contributed by atoms with Gasteiger partial charge in [0.2, 0.25) is 5.91 Å². The molecule has 0 saturated carbocycles. The summed E-state index contributed by atoms with van der Waals surface area (Å²) in [5.41, 5.74) is -0.488. The second kappa shape index (κ2) is 10.6. The van der Waals surface area contributed by atoms with Gasteiger partial charge in [0, 0.05) is 37.4 Å². The molecule has 8 nitrogen and oxygen atoms in total. The number of carbonyl (C=O) groups is 2. The summed E-state index contributed by atoms with van der Waals surface area (Å²) in [6.45, 7) is 0.610. The van der Waals surface area contributed by atoms with Crippen molar-refractivity contribution in [1.29, 1.82) is 0 Å². The molecule has 2 aromatic carbocycles. The molecule has 0 aliphatic carbocycles. The highest BCUT2D eigenvalue weighted by molar-refractivity contribution is 6.05. The first-order valence-corrected chi connectivity index (χ1v) is 11.0. The Morgan fingerprint density at radius 3 is 2.47 bits per heavy atom. The lowest BCUT2D eigenvalue weighted by Gasteiger charge is -2.21. The van der Waals surface area contributed by atoms with E-state index in [2.05, 4.69) is 25.6 Å². The number of rotatable bonds is 7. The molecule has 11 heteroatoms. The highest BCUT2D eigenvalue weighted by Crippen LogP contribution is 2.36. The van der Waals surface area contributed by atoms with E-state index in [1.807, 2.05) is 0 Å². The first-order chi connectivity index (χ1) is 17.3. The molecule has 2 amide bonds. The number of aliphatic imine (C=N–C) groups is 1. The minimum Gasteiger partial charge on any atom is -0.380 e. The molecule has 1 saturated heterocycles. The third-order valence-electron chi connectivity index (χ3n) is 5.66. The van der Waals surface area contributed by atoms with Crippen LogP contribution in [0.4, 0.5) is 24.5 Å². The van der Waals surface area contributed by atoms with Crippen molar-refractivity contribution in [2.24, 2.45) is 10.4 Å². The molecule has 186 valence electrons. The van der Waals surface area contributed by atoms with Crippen molar-refractivity contribution >= 4 is 29.4 Å². The summed E-state index contributed by atoms with van der Waals surface area (Å²) >= 11 is 0. The van der Waals surface area contributed by atoms with Crippen LogP contribution in [-0.2, 0) is 22.3 Å². The van der Waals surface area contributed by atoms with Crippen molar-refractivity contribution in [2.75, 3.05) is 18.5 Å². The summed E-state index contributed by atoms with van der Waals surface area (Å²) < 4.78 is 45.0. The highest BCUT2D eigenvalue weighted by Gasteiger charge is 2.41. The topological polar surface area (TPSA) is 106 Å². The summed E-state index contributed by atoms with van der Waals surface area (Å²) in [4.78, 5) is 36.7. The van der Waals surface area contributed by atoms with Crippen LogP contribution in [0.1, 0.15) is 27.9 Å². The van der Waals surface area contributed by atoms with E-state index in [4.69, 9.17) is 4.74 Å².